The van der Waals surface area contributed by atoms with Crippen molar-refractivity contribution in [3.63, 3.8) is 0 Å². The molecule has 0 aliphatic carbocycles. The molecule has 1 heterocycles. The topological polar surface area (TPSA) is 47.0 Å². The van der Waals surface area contributed by atoms with Crippen molar-refractivity contribution in [2.24, 2.45) is 0 Å². The van der Waals surface area contributed by atoms with E-state index in [1.54, 1.807) is 7.05 Å². The van der Waals surface area contributed by atoms with Gasteiger partial charge in [-0.15, -0.1) is 0 Å². The molecule has 0 unspecified atom stereocenters. The van der Waals surface area contributed by atoms with Gasteiger partial charge in [0.15, 0.2) is 0 Å². The predicted octanol–water partition coefficient (Wildman–Crippen LogP) is 2.24. The van der Waals surface area contributed by atoms with Crippen LogP contribution in [0.15, 0.2) is 12.4 Å². The number of aromatic nitrogens is 2. The summed E-state index contributed by atoms with van der Waals surface area (Å²) < 4.78 is 40.5. The van der Waals surface area contributed by atoms with E-state index in [1.165, 1.54) is 12.4 Å². The molecule has 0 spiro atoms. The molecule has 0 aliphatic rings. The van der Waals surface area contributed by atoms with Gasteiger partial charge in [0.05, 0.1) is 19.0 Å². The molecule has 1 rings (SSSR count). The Hall–Kier alpha value is -1.53. The van der Waals surface area contributed by atoms with Crippen molar-refractivity contribution in [2.45, 2.75) is 19.0 Å². The molecule has 16 heavy (non-hydrogen) atoms. The van der Waals surface area contributed by atoms with Crippen molar-refractivity contribution < 1.29 is 17.9 Å². The summed E-state index contributed by atoms with van der Waals surface area (Å²) in [6.45, 7) is -0.0264. The molecule has 0 amide bonds. The van der Waals surface area contributed by atoms with Crippen molar-refractivity contribution in [3.8, 4) is 5.88 Å². The van der Waals surface area contributed by atoms with E-state index in [-0.39, 0.29) is 18.9 Å². The summed E-state index contributed by atoms with van der Waals surface area (Å²) in [4.78, 5) is 7.76. The van der Waals surface area contributed by atoms with Gasteiger partial charge in [-0.2, -0.15) is 18.2 Å². The maximum atomic E-state index is 11.8. The van der Waals surface area contributed by atoms with Crippen molar-refractivity contribution in [3.05, 3.63) is 12.4 Å². The molecular formula is C9H12F3N3O. The molecule has 0 aromatic carbocycles. The first-order valence-corrected chi connectivity index (χ1v) is 4.70. The molecule has 0 atom stereocenters. The number of nitrogens with zero attached hydrogens (tertiary/aromatic N) is 2. The molecule has 1 aromatic rings. The van der Waals surface area contributed by atoms with E-state index in [1.807, 2.05) is 0 Å². The highest BCUT2D eigenvalue weighted by atomic mass is 19.4. The minimum absolute atomic E-state index is 0.0264. The molecule has 0 bridgehead atoms. The Bertz CT molecular complexity index is 330. The zero-order chi connectivity index (χ0) is 12.0. The molecule has 1 aromatic heterocycles. The average molecular weight is 235 g/mol. The lowest BCUT2D eigenvalue weighted by molar-refractivity contribution is -0.136. The Balaban J connectivity index is 2.32. The quantitative estimate of drug-likeness (QED) is 0.795. The van der Waals surface area contributed by atoms with E-state index in [0.717, 1.165) is 0 Å². The number of alkyl halides is 3. The molecule has 0 aliphatic heterocycles. The van der Waals surface area contributed by atoms with E-state index in [2.05, 4.69) is 15.3 Å². The van der Waals surface area contributed by atoms with Crippen molar-refractivity contribution in [1.82, 2.24) is 9.97 Å². The second-order valence-electron chi connectivity index (χ2n) is 3.06. The standard InChI is InChI=1S/C9H12F3N3O/c1-13-7-5-14-6-8(15-7)16-4-2-3-9(10,11)12/h5-6H,2-4H2,1H3,(H,13,15). The van der Waals surface area contributed by atoms with Gasteiger partial charge in [-0.3, -0.25) is 4.98 Å². The monoisotopic (exact) mass is 235 g/mol. The highest BCUT2D eigenvalue weighted by Gasteiger charge is 2.26. The SMILES string of the molecule is CNc1cncc(OCCCC(F)(F)F)n1. The van der Waals surface area contributed by atoms with Crippen molar-refractivity contribution in [1.29, 1.82) is 0 Å². The smallest absolute Gasteiger partial charge is 0.389 e. The molecule has 7 heteroatoms. The van der Waals surface area contributed by atoms with Gasteiger partial charge < -0.3 is 10.1 Å². The van der Waals surface area contributed by atoms with E-state index in [9.17, 15) is 13.2 Å². The normalized spacial score (nSPS) is 11.2. The Labute approximate surface area is 90.9 Å². The number of nitrogens with one attached hydrogen (secondary N) is 1. The van der Waals surface area contributed by atoms with Crippen LogP contribution in [0.3, 0.4) is 0 Å². The van der Waals surface area contributed by atoms with Gasteiger partial charge >= 0.3 is 6.18 Å². The number of halogens is 3. The maximum Gasteiger partial charge on any atom is 0.389 e. The minimum Gasteiger partial charge on any atom is -0.477 e. The Morgan fingerprint density at radius 3 is 2.75 bits per heavy atom. The van der Waals surface area contributed by atoms with Crippen LogP contribution < -0.4 is 10.1 Å². The summed E-state index contributed by atoms with van der Waals surface area (Å²) in [5.74, 6) is 0.724. The van der Waals surface area contributed by atoms with Crippen molar-refractivity contribution >= 4 is 5.82 Å². The van der Waals surface area contributed by atoms with Crippen LogP contribution >= 0.6 is 0 Å². The van der Waals surface area contributed by atoms with Gasteiger partial charge in [-0.05, 0) is 6.42 Å². The van der Waals surface area contributed by atoms with Crippen LogP contribution in [0.5, 0.6) is 5.88 Å². The first-order valence-electron chi connectivity index (χ1n) is 4.70. The summed E-state index contributed by atoms with van der Waals surface area (Å²) in [6, 6.07) is 0. The van der Waals surface area contributed by atoms with Crippen LogP contribution in [0.4, 0.5) is 19.0 Å². The largest absolute Gasteiger partial charge is 0.477 e. The summed E-state index contributed by atoms with van der Waals surface area (Å²) in [7, 11) is 1.66. The van der Waals surface area contributed by atoms with Crippen LogP contribution in [-0.4, -0.2) is 29.8 Å². The molecule has 0 saturated heterocycles. The molecule has 0 radical (unpaired) electrons. The van der Waals surface area contributed by atoms with Crippen molar-refractivity contribution in [2.75, 3.05) is 19.0 Å². The Kier molecular flexibility index (Phi) is 4.33. The summed E-state index contributed by atoms with van der Waals surface area (Å²) in [6.07, 6.45) is -2.24. The Morgan fingerprint density at radius 1 is 1.38 bits per heavy atom. The van der Waals surface area contributed by atoms with E-state index >= 15 is 0 Å². The van der Waals surface area contributed by atoms with E-state index in [4.69, 9.17) is 4.74 Å². The zero-order valence-corrected chi connectivity index (χ0v) is 8.71. The van der Waals surface area contributed by atoms with Crippen LogP contribution in [-0.2, 0) is 0 Å². The summed E-state index contributed by atoms with van der Waals surface area (Å²) >= 11 is 0. The number of ether oxygens (including phenoxy) is 1. The molecule has 90 valence electrons. The fourth-order valence-electron chi connectivity index (χ4n) is 0.987. The average Bonchev–Trinajstić information content (AvgIpc) is 2.23. The second-order valence-corrected chi connectivity index (χ2v) is 3.06. The zero-order valence-electron chi connectivity index (χ0n) is 8.71. The minimum atomic E-state index is -4.14. The fourth-order valence-corrected chi connectivity index (χ4v) is 0.987. The van der Waals surface area contributed by atoms with Gasteiger partial charge in [0, 0.05) is 13.5 Å². The number of hydrogen-bond acceptors (Lipinski definition) is 4. The van der Waals surface area contributed by atoms with Crippen LogP contribution in [0, 0.1) is 0 Å². The van der Waals surface area contributed by atoms with E-state index < -0.39 is 12.6 Å². The molecular weight excluding hydrogens is 223 g/mol. The maximum absolute atomic E-state index is 11.8. The lowest BCUT2D eigenvalue weighted by Gasteiger charge is -2.07. The van der Waals surface area contributed by atoms with Gasteiger partial charge in [0.1, 0.15) is 5.82 Å². The van der Waals surface area contributed by atoms with Crippen LogP contribution in [0.1, 0.15) is 12.8 Å². The van der Waals surface area contributed by atoms with Gasteiger partial charge in [0.2, 0.25) is 5.88 Å². The third kappa shape index (κ3) is 4.81. The third-order valence-corrected chi connectivity index (χ3v) is 1.72. The fraction of sp³-hybridized carbons (Fsp3) is 0.556. The highest BCUT2D eigenvalue weighted by molar-refractivity contribution is 5.31. The second kappa shape index (κ2) is 5.53. The lowest BCUT2D eigenvalue weighted by Crippen LogP contribution is -2.10. The third-order valence-electron chi connectivity index (χ3n) is 1.72. The van der Waals surface area contributed by atoms with Gasteiger partial charge in [-0.1, -0.05) is 0 Å². The van der Waals surface area contributed by atoms with Crippen LogP contribution in [0.25, 0.3) is 0 Å². The Morgan fingerprint density at radius 2 is 2.12 bits per heavy atom. The number of rotatable bonds is 5. The molecule has 1 N–H and O–H groups in total. The number of anilines is 1. The summed E-state index contributed by atoms with van der Waals surface area (Å²) in [5.41, 5.74) is 0. The first-order chi connectivity index (χ1) is 7.51. The van der Waals surface area contributed by atoms with E-state index in [0.29, 0.717) is 5.82 Å². The van der Waals surface area contributed by atoms with Gasteiger partial charge in [0.25, 0.3) is 0 Å². The number of hydrogen-bond donors (Lipinski definition) is 1. The molecule has 4 nitrogen and oxygen atoms in total. The molecule has 0 saturated carbocycles. The predicted molar refractivity (Wildman–Crippen MR) is 52.4 cm³/mol. The molecule has 0 fully saturated rings. The highest BCUT2D eigenvalue weighted by Crippen LogP contribution is 2.21. The summed E-state index contributed by atoms with van der Waals surface area (Å²) in [5, 5.41) is 2.75. The van der Waals surface area contributed by atoms with Crippen LogP contribution in [0.2, 0.25) is 0 Å². The lowest BCUT2D eigenvalue weighted by atomic mass is 10.3. The van der Waals surface area contributed by atoms with Gasteiger partial charge in [-0.25, -0.2) is 0 Å². The first kappa shape index (κ1) is 12.5.